The third kappa shape index (κ3) is 1.98. The summed E-state index contributed by atoms with van der Waals surface area (Å²) >= 11 is 5.49. The molecule has 1 heterocycles. The molecule has 0 saturated heterocycles. The summed E-state index contributed by atoms with van der Waals surface area (Å²) in [5.74, 6) is 1.41. The number of ether oxygens (including phenoxy) is 1. The number of H-pyrrole nitrogens is 1. The van der Waals surface area contributed by atoms with E-state index in [0.29, 0.717) is 5.92 Å². The van der Waals surface area contributed by atoms with E-state index in [4.69, 9.17) is 17.0 Å². The van der Waals surface area contributed by atoms with Gasteiger partial charge < -0.3 is 14.3 Å². The Morgan fingerprint density at radius 2 is 2.14 bits per heavy atom. The molecule has 0 bridgehead atoms. The topological polar surface area (TPSA) is 29.9 Å². The van der Waals surface area contributed by atoms with Crippen molar-refractivity contribution in [1.82, 2.24) is 9.55 Å². The highest BCUT2D eigenvalue weighted by molar-refractivity contribution is 7.71. The Kier molecular flexibility index (Phi) is 2.86. The van der Waals surface area contributed by atoms with Gasteiger partial charge in [0.2, 0.25) is 0 Å². The second kappa shape index (κ2) is 4.74. The number of fused-ring (bicyclic) bond motifs is 2. The van der Waals surface area contributed by atoms with Crippen molar-refractivity contribution in [2.24, 2.45) is 0 Å². The highest BCUT2D eigenvalue weighted by atomic mass is 32.1. The van der Waals surface area contributed by atoms with Crippen LogP contribution in [0.25, 0.3) is 11.0 Å². The van der Waals surface area contributed by atoms with Crippen molar-refractivity contribution in [1.29, 1.82) is 0 Å². The number of methoxy groups -OCH3 is 1. The maximum Gasteiger partial charge on any atom is 0.178 e. The number of nitrogens with one attached hydrogen (secondary N) is 1. The highest BCUT2D eigenvalue weighted by Gasteiger charge is 2.26. The van der Waals surface area contributed by atoms with Crippen LogP contribution in [-0.4, -0.2) is 16.7 Å². The van der Waals surface area contributed by atoms with Gasteiger partial charge in [0.1, 0.15) is 5.75 Å². The van der Waals surface area contributed by atoms with Crippen molar-refractivity contribution in [3.8, 4) is 5.75 Å². The lowest BCUT2D eigenvalue weighted by Crippen LogP contribution is -2.21. The quantitative estimate of drug-likeness (QED) is 0.739. The lowest BCUT2D eigenvalue weighted by atomic mass is 9.77. The third-order valence-electron chi connectivity index (χ3n) is 4.35. The third-order valence-corrected chi connectivity index (χ3v) is 4.67. The minimum absolute atomic E-state index is 0.554. The Morgan fingerprint density at radius 3 is 2.95 bits per heavy atom. The van der Waals surface area contributed by atoms with Gasteiger partial charge in [-0.05, 0) is 41.9 Å². The zero-order valence-corrected chi connectivity index (χ0v) is 12.6. The molecule has 1 atom stereocenters. The van der Waals surface area contributed by atoms with Crippen LogP contribution in [0, 0.1) is 4.77 Å². The Bertz CT molecular complexity index is 878. The molecule has 1 aromatic heterocycles. The predicted octanol–water partition coefficient (Wildman–Crippen LogP) is 4.05. The Morgan fingerprint density at radius 1 is 1.29 bits per heavy atom. The molecule has 0 spiro atoms. The molecule has 0 radical (unpaired) electrons. The van der Waals surface area contributed by atoms with Gasteiger partial charge in [0.15, 0.2) is 4.77 Å². The molecule has 1 unspecified atom stereocenters. The number of imidazole rings is 1. The molecule has 3 nitrogen and oxygen atoms in total. The SMILES string of the molecule is COc1ccc2[nH]c(=S)n(CC3Cc4ccccc43)c2c1. The zero-order valence-electron chi connectivity index (χ0n) is 11.8. The zero-order chi connectivity index (χ0) is 14.4. The van der Waals surface area contributed by atoms with Crippen molar-refractivity contribution in [2.75, 3.05) is 7.11 Å². The van der Waals surface area contributed by atoms with Gasteiger partial charge in [-0.3, -0.25) is 0 Å². The van der Waals surface area contributed by atoms with E-state index in [1.807, 2.05) is 18.2 Å². The Balaban J connectivity index is 1.74. The second-order valence-corrected chi connectivity index (χ2v) is 5.91. The molecule has 0 amide bonds. The monoisotopic (exact) mass is 296 g/mol. The summed E-state index contributed by atoms with van der Waals surface area (Å²) in [4.78, 5) is 3.28. The lowest BCUT2D eigenvalue weighted by Gasteiger charge is -2.30. The van der Waals surface area contributed by atoms with E-state index in [0.717, 1.165) is 34.5 Å². The van der Waals surface area contributed by atoms with Crippen LogP contribution in [0.15, 0.2) is 42.5 Å². The Hall–Kier alpha value is -2.07. The van der Waals surface area contributed by atoms with E-state index in [1.165, 1.54) is 11.1 Å². The van der Waals surface area contributed by atoms with Crippen LogP contribution in [-0.2, 0) is 13.0 Å². The normalized spacial score (nSPS) is 16.5. The first-order valence-corrected chi connectivity index (χ1v) is 7.51. The highest BCUT2D eigenvalue weighted by Crippen LogP contribution is 2.36. The van der Waals surface area contributed by atoms with Gasteiger partial charge in [-0.15, -0.1) is 0 Å². The minimum Gasteiger partial charge on any atom is -0.497 e. The molecule has 0 fully saturated rings. The summed E-state index contributed by atoms with van der Waals surface area (Å²) in [6.45, 7) is 0.920. The molecule has 2 aromatic carbocycles. The number of aromatic amines is 1. The predicted molar refractivity (Wildman–Crippen MR) is 86.6 cm³/mol. The molecular weight excluding hydrogens is 280 g/mol. The number of nitrogens with zero attached hydrogens (tertiary/aromatic N) is 1. The summed E-state index contributed by atoms with van der Waals surface area (Å²) in [5.41, 5.74) is 5.10. The summed E-state index contributed by atoms with van der Waals surface area (Å²) in [6.07, 6.45) is 1.13. The van der Waals surface area contributed by atoms with Crippen LogP contribution < -0.4 is 4.74 Å². The van der Waals surface area contributed by atoms with E-state index < -0.39 is 0 Å². The first-order chi connectivity index (χ1) is 10.3. The van der Waals surface area contributed by atoms with Crippen LogP contribution in [0.1, 0.15) is 17.0 Å². The van der Waals surface area contributed by atoms with Crippen molar-refractivity contribution in [2.45, 2.75) is 18.9 Å². The molecule has 1 aliphatic carbocycles. The van der Waals surface area contributed by atoms with Crippen LogP contribution in [0.2, 0.25) is 0 Å². The standard InChI is InChI=1S/C17H16N2OS/c1-20-13-6-7-15-16(9-13)19(17(21)18-15)10-12-8-11-4-2-3-5-14(11)12/h2-7,9,12H,8,10H2,1H3,(H,18,21). The van der Waals surface area contributed by atoms with Crippen LogP contribution in [0.3, 0.4) is 0 Å². The lowest BCUT2D eigenvalue weighted by molar-refractivity contribution is 0.415. The fourth-order valence-electron chi connectivity index (χ4n) is 3.19. The van der Waals surface area contributed by atoms with Gasteiger partial charge in [-0.25, -0.2) is 0 Å². The molecule has 106 valence electrons. The number of hydrogen-bond donors (Lipinski definition) is 1. The molecule has 0 aliphatic heterocycles. The number of aromatic nitrogens is 2. The van der Waals surface area contributed by atoms with Crippen LogP contribution in [0.4, 0.5) is 0 Å². The second-order valence-electron chi connectivity index (χ2n) is 5.52. The molecule has 0 saturated carbocycles. The fraction of sp³-hybridized carbons (Fsp3) is 0.235. The van der Waals surface area contributed by atoms with Crippen LogP contribution in [0.5, 0.6) is 5.75 Å². The molecule has 3 aromatic rings. The number of rotatable bonds is 3. The van der Waals surface area contributed by atoms with Gasteiger partial charge in [-0.1, -0.05) is 24.3 Å². The molecule has 1 aliphatic rings. The number of hydrogen-bond acceptors (Lipinski definition) is 2. The van der Waals surface area contributed by atoms with Gasteiger partial charge in [0.25, 0.3) is 0 Å². The van der Waals surface area contributed by atoms with Gasteiger partial charge in [0, 0.05) is 18.5 Å². The van der Waals surface area contributed by atoms with E-state index in [9.17, 15) is 0 Å². The molecule has 21 heavy (non-hydrogen) atoms. The number of benzene rings is 2. The van der Waals surface area contributed by atoms with E-state index in [1.54, 1.807) is 7.11 Å². The Labute approximate surface area is 128 Å². The smallest absolute Gasteiger partial charge is 0.178 e. The van der Waals surface area contributed by atoms with Crippen molar-refractivity contribution in [3.63, 3.8) is 0 Å². The average Bonchev–Trinajstić information content (AvgIpc) is 2.79. The van der Waals surface area contributed by atoms with Crippen molar-refractivity contribution in [3.05, 3.63) is 58.4 Å². The maximum absolute atomic E-state index is 5.49. The summed E-state index contributed by atoms with van der Waals surface area (Å²) in [6, 6.07) is 14.7. The molecule has 4 heteroatoms. The molecule has 1 N–H and O–H groups in total. The summed E-state index contributed by atoms with van der Waals surface area (Å²) < 4.78 is 8.30. The summed E-state index contributed by atoms with van der Waals surface area (Å²) in [5, 5.41) is 0. The van der Waals surface area contributed by atoms with E-state index in [2.05, 4.69) is 33.8 Å². The van der Waals surface area contributed by atoms with Gasteiger partial charge in [-0.2, -0.15) is 0 Å². The van der Waals surface area contributed by atoms with Crippen molar-refractivity contribution < 1.29 is 4.74 Å². The van der Waals surface area contributed by atoms with E-state index >= 15 is 0 Å². The van der Waals surface area contributed by atoms with Gasteiger partial charge >= 0.3 is 0 Å². The first-order valence-electron chi connectivity index (χ1n) is 7.10. The largest absolute Gasteiger partial charge is 0.497 e. The fourth-order valence-corrected chi connectivity index (χ4v) is 3.47. The molecule has 4 rings (SSSR count). The summed E-state index contributed by atoms with van der Waals surface area (Å²) in [7, 11) is 1.69. The maximum atomic E-state index is 5.49. The first kappa shape index (κ1) is 12.7. The minimum atomic E-state index is 0.554. The van der Waals surface area contributed by atoms with Crippen LogP contribution >= 0.6 is 12.2 Å². The molecular formula is C17H16N2OS. The average molecular weight is 296 g/mol. The van der Waals surface area contributed by atoms with Gasteiger partial charge in [0.05, 0.1) is 18.1 Å². The van der Waals surface area contributed by atoms with Crippen molar-refractivity contribution >= 4 is 23.3 Å². The van der Waals surface area contributed by atoms with E-state index in [-0.39, 0.29) is 0 Å².